The molecule has 2 aromatic rings. The van der Waals surface area contributed by atoms with Crippen molar-refractivity contribution in [2.75, 3.05) is 32.0 Å². The second kappa shape index (κ2) is 6.67. The smallest absolute Gasteiger partial charge is 0.163 e. The van der Waals surface area contributed by atoms with Crippen molar-refractivity contribution in [2.24, 2.45) is 0 Å². The Hall–Kier alpha value is -2.09. The largest absolute Gasteiger partial charge is 0.388 e. The zero-order valence-corrected chi connectivity index (χ0v) is 14.5. The van der Waals surface area contributed by atoms with Crippen LogP contribution in [0.3, 0.4) is 0 Å². The second-order valence-corrected chi connectivity index (χ2v) is 7.05. The van der Waals surface area contributed by atoms with Crippen molar-refractivity contribution in [3.8, 4) is 11.4 Å². The standard InChI is InChI=1S/C18H24N6O/c1-24-7-4-18(25,5-8-24)12-21-17-14-10-20-11-15(14)22-16(23-17)13-3-2-6-19-9-13/h2-3,6,9,20,25H,4-5,7-8,10-12H2,1H3,(H,21,22,23). The van der Waals surface area contributed by atoms with E-state index in [2.05, 4.69) is 32.5 Å². The lowest BCUT2D eigenvalue weighted by molar-refractivity contribution is -0.00410. The summed E-state index contributed by atoms with van der Waals surface area (Å²) in [5.74, 6) is 1.50. The molecule has 0 bridgehead atoms. The van der Waals surface area contributed by atoms with Gasteiger partial charge in [0.1, 0.15) is 5.82 Å². The third kappa shape index (κ3) is 3.49. The van der Waals surface area contributed by atoms with Crippen LogP contribution in [0.25, 0.3) is 11.4 Å². The fourth-order valence-corrected chi connectivity index (χ4v) is 3.40. The van der Waals surface area contributed by atoms with Gasteiger partial charge < -0.3 is 20.6 Å². The summed E-state index contributed by atoms with van der Waals surface area (Å²) >= 11 is 0. The van der Waals surface area contributed by atoms with E-state index in [1.165, 1.54) is 0 Å². The summed E-state index contributed by atoms with van der Waals surface area (Å²) in [6, 6.07) is 3.85. The summed E-state index contributed by atoms with van der Waals surface area (Å²) in [5, 5.41) is 17.6. The molecule has 0 atom stereocenters. The molecule has 1 saturated heterocycles. The Morgan fingerprint density at radius 2 is 2.12 bits per heavy atom. The molecule has 2 aromatic heterocycles. The lowest BCUT2D eigenvalue weighted by Crippen LogP contribution is -2.47. The normalized spacial score (nSPS) is 19.6. The maximum Gasteiger partial charge on any atom is 0.163 e. The number of nitrogens with zero attached hydrogens (tertiary/aromatic N) is 4. The van der Waals surface area contributed by atoms with Crippen molar-refractivity contribution in [3.63, 3.8) is 0 Å². The first-order chi connectivity index (χ1) is 12.1. The molecular weight excluding hydrogens is 316 g/mol. The van der Waals surface area contributed by atoms with Crippen LogP contribution in [-0.4, -0.2) is 57.2 Å². The van der Waals surface area contributed by atoms with Crippen LogP contribution >= 0.6 is 0 Å². The van der Waals surface area contributed by atoms with E-state index in [0.717, 1.165) is 61.7 Å². The summed E-state index contributed by atoms with van der Waals surface area (Å²) in [6.45, 7) is 3.85. The highest BCUT2D eigenvalue weighted by Crippen LogP contribution is 2.27. The Labute approximate surface area is 147 Å². The van der Waals surface area contributed by atoms with Crippen LogP contribution in [0.15, 0.2) is 24.5 Å². The van der Waals surface area contributed by atoms with Gasteiger partial charge in [-0.05, 0) is 32.0 Å². The number of aromatic nitrogens is 3. The Balaban J connectivity index is 1.58. The minimum atomic E-state index is -0.676. The van der Waals surface area contributed by atoms with E-state index in [4.69, 9.17) is 4.98 Å². The van der Waals surface area contributed by atoms with E-state index in [0.29, 0.717) is 12.4 Å². The number of hydrogen-bond acceptors (Lipinski definition) is 7. The number of pyridine rings is 1. The first-order valence-corrected chi connectivity index (χ1v) is 8.79. The van der Waals surface area contributed by atoms with Gasteiger partial charge in [-0.25, -0.2) is 9.97 Å². The van der Waals surface area contributed by atoms with Gasteiger partial charge >= 0.3 is 0 Å². The zero-order chi connectivity index (χ0) is 17.3. The minimum absolute atomic E-state index is 0.511. The molecule has 0 radical (unpaired) electrons. The first-order valence-electron chi connectivity index (χ1n) is 8.79. The summed E-state index contributed by atoms with van der Waals surface area (Å²) in [5.41, 5.74) is 2.35. The molecule has 7 nitrogen and oxygen atoms in total. The van der Waals surface area contributed by atoms with Crippen LogP contribution in [0.5, 0.6) is 0 Å². The van der Waals surface area contributed by atoms with Crippen molar-refractivity contribution in [1.29, 1.82) is 0 Å². The van der Waals surface area contributed by atoms with Gasteiger partial charge in [0, 0.05) is 56.2 Å². The van der Waals surface area contributed by atoms with Crippen LogP contribution in [0.4, 0.5) is 5.82 Å². The molecule has 4 rings (SSSR count). The van der Waals surface area contributed by atoms with E-state index in [-0.39, 0.29) is 0 Å². The van der Waals surface area contributed by atoms with Crippen LogP contribution < -0.4 is 10.6 Å². The number of aliphatic hydroxyl groups is 1. The number of nitrogens with one attached hydrogen (secondary N) is 2. The number of likely N-dealkylation sites (tertiary alicyclic amines) is 1. The highest BCUT2D eigenvalue weighted by molar-refractivity contribution is 5.59. The molecule has 132 valence electrons. The van der Waals surface area contributed by atoms with E-state index in [1.54, 1.807) is 12.4 Å². The number of hydrogen-bond donors (Lipinski definition) is 3. The van der Waals surface area contributed by atoms with Crippen LogP contribution in [0, 0.1) is 0 Å². The van der Waals surface area contributed by atoms with Crippen LogP contribution in [0.1, 0.15) is 24.1 Å². The molecule has 1 fully saturated rings. The first kappa shape index (κ1) is 16.4. The molecule has 7 heteroatoms. The Kier molecular flexibility index (Phi) is 4.37. The average Bonchev–Trinajstić information content (AvgIpc) is 3.12. The predicted octanol–water partition coefficient (Wildman–Crippen LogP) is 1.01. The average molecular weight is 340 g/mol. The van der Waals surface area contributed by atoms with E-state index < -0.39 is 5.60 Å². The molecule has 4 heterocycles. The molecule has 2 aliphatic heterocycles. The van der Waals surface area contributed by atoms with Crippen LogP contribution in [0.2, 0.25) is 0 Å². The highest BCUT2D eigenvalue weighted by Gasteiger charge is 2.31. The minimum Gasteiger partial charge on any atom is -0.388 e. The topological polar surface area (TPSA) is 86.2 Å². The summed E-state index contributed by atoms with van der Waals surface area (Å²) in [7, 11) is 2.09. The monoisotopic (exact) mass is 340 g/mol. The van der Waals surface area contributed by atoms with Crippen molar-refractivity contribution in [3.05, 3.63) is 35.8 Å². The van der Waals surface area contributed by atoms with Gasteiger partial charge in [-0.2, -0.15) is 0 Å². The van der Waals surface area contributed by atoms with Gasteiger partial charge in [0.15, 0.2) is 5.82 Å². The fourth-order valence-electron chi connectivity index (χ4n) is 3.40. The third-order valence-corrected chi connectivity index (χ3v) is 5.11. The molecule has 0 aromatic carbocycles. The van der Waals surface area contributed by atoms with Gasteiger partial charge in [0.05, 0.1) is 11.3 Å². The van der Waals surface area contributed by atoms with Crippen molar-refractivity contribution in [2.45, 2.75) is 31.5 Å². The maximum atomic E-state index is 10.8. The molecule has 0 spiro atoms. The van der Waals surface area contributed by atoms with E-state index >= 15 is 0 Å². The molecule has 0 unspecified atom stereocenters. The quantitative estimate of drug-likeness (QED) is 0.766. The van der Waals surface area contributed by atoms with Crippen molar-refractivity contribution < 1.29 is 5.11 Å². The van der Waals surface area contributed by atoms with Crippen LogP contribution in [-0.2, 0) is 13.1 Å². The molecule has 3 N–H and O–H groups in total. The summed E-state index contributed by atoms with van der Waals surface area (Å²) < 4.78 is 0. The Bertz CT molecular complexity index is 743. The lowest BCUT2D eigenvalue weighted by atomic mass is 9.91. The molecule has 25 heavy (non-hydrogen) atoms. The maximum absolute atomic E-state index is 10.8. The molecule has 2 aliphatic rings. The summed E-state index contributed by atoms with van der Waals surface area (Å²) in [6.07, 6.45) is 5.07. The Morgan fingerprint density at radius 3 is 2.88 bits per heavy atom. The van der Waals surface area contributed by atoms with Gasteiger partial charge in [0.25, 0.3) is 0 Å². The zero-order valence-electron chi connectivity index (χ0n) is 14.5. The molecule has 0 amide bonds. The van der Waals surface area contributed by atoms with Gasteiger partial charge in [-0.1, -0.05) is 0 Å². The Morgan fingerprint density at radius 1 is 1.28 bits per heavy atom. The molecule has 0 saturated carbocycles. The summed E-state index contributed by atoms with van der Waals surface area (Å²) in [4.78, 5) is 15.8. The number of fused-ring (bicyclic) bond motifs is 1. The lowest BCUT2D eigenvalue weighted by Gasteiger charge is -2.36. The predicted molar refractivity (Wildman–Crippen MR) is 96.0 cm³/mol. The molecular formula is C18H24N6O. The van der Waals surface area contributed by atoms with Gasteiger partial charge in [-0.15, -0.1) is 0 Å². The second-order valence-electron chi connectivity index (χ2n) is 7.05. The SMILES string of the molecule is CN1CCC(O)(CNc2nc(-c3cccnc3)nc3c2CNC3)CC1. The number of rotatable bonds is 4. The van der Waals surface area contributed by atoms with E-state index in [1.807, 2.05) is 12.1 Å². The van der Waals surface area contributed by atoms with E-state index in [9.17, 15) is 5.11 Å². The third-order valence-electron chi connectivity index (χ3n) is 5.11. The van der Waals surface area contributed by atoms with Gasteiger partial charge in [-0.3, -0.25) is 4.98 Å². The highest BCUT2D eigenvalue weighted by atomic mass is 16.3. The van der Waals surface area contributed by atoms with Crippen molar-refractivity contribution in [1.82, 2.24) is 25.2 Å². The molecule has 0 aliphatic carbocycles. The fraction of sp³-hybridized carbons (Fsp3) is 0.500. The number of piperidine rings is 1. The van der Waals surface area contributed by atoms with Gasteiger partial charge in [0.2, 0.25) is 0 Å². The van der Waals surface area contributed by atoms with Crippen molar-refractivity contribution >= 4 is 5.82 Å². The number of anilines is 1.